The van der Waals surface area contributed by atoms with Gasteiger partial charge in [-0.15, -0.1) is 0 Å². The molecule has 0 amide bonds. The van der Waals surface area contributed by atoms with Crippen LogP contribution in [-0.4, -0.2) is 35.0 Å². The number of carbonyl (C=O) groups excluding carboxylic acids is 1. The van der Waals surface area contributed by atoms with Gasteiger partial charge in [0.15, 0.2) is 0 Å². The van der Waals surface area contributed by atoms with Crippen LogP contribution in [0.15, 0.2) is 35.1 Å². The van der Waals surface area contributed by atoms with Gasteiger partial charge in [0.25, 0.3) is 0 Å². The van der Waals surface area contributed by atoms with E-state index in [1.54, 1.807) is 0 Å². The first-order chi connectivity index (χ1) is 10.2. The molecule has 3 heterocycles. The zero-order valence-corrected chi connectivity index (χ0v) is 13.7. The topological polar surface area (TPSA) is 34.0 Å². The molecule has 2 aromatic heterocycles. The largest absolute Gasteiger partial charge is 0.468 e. The molecule has 21 heavy (non-hydrogen) atoms. The van der Waals surface area contributed by atoms with Crippen LogP contribution in [0.4, 0.5) is 0 Å². The van der Waals surface area contributed by atoms with Crippen LogP contribution in [0.1, 0.15) is 24.8 Å². The van der Waals surface area contributed by atoms with Gasteiger partial charge in [-0.25, -0.2) is 0 Å². The van der Waals surface area contributed by atoms with Gasteiger partial charge in [-0.05, 0) is 59.1 Å². The van der Waals surface area contributed by atoms with Crippen molar-refractivity contribution in [3.63, 3.8) is 0 Å². The Labute approximate surface area is 132 Å². The first-order valence-electron chi connectivity index (χ1n) is 7.25. The minimum absolute atomic E-state index is 0.0986. The summed E-state index contributed by atoms with van der Waals surface area (Å²) >= 11 is 3.49. The summed E-state index contributed by atoms with van der Waals surface area (Å²) in [5, 5.41) is 0. The van der Waals surface area contributed by atoms with Crippen LogP contribution < -0.4 is 0 Å². The molecule has 0 spiro atoms. The third-order valence-electron chi connectivity index (χ3n) is 4.10. The smallest absolute Gasteiger partial charge is 0.323 e. The minimum Gasteiger partial charge on any atom is -0.468 e. The molecule has 0 aromatic carbocycles. The van der Waals surface area contributed by atoms with Crippen molar-refractivity contribution in [1.29, 1.82) is 0 Å². The molecule has 1 atom stereocenters. The fourth-order valence-electron chi connectivity index (χ4n) is 3.04. The lowest BCUT2D eigenvalue weighted by molar-refractivity contribution is -0.148. The predicted octanol–water partition coefficient (Wildman–Crippen LogP) is 3.23. The Balaban J connectivity index is 1.80. The van der Waals surface area contributed by atoms with Crippen LogP contribution in [0.5, 0.6) is 0 Å². The lowest BCUT2D eigenvalue weighted by Crippen LogP contribution is -2.44. The number of esters is 1. The van der Waals surface area contributed by atoms with Gasteiger partial charge in [-0.1, -0.05) is 6.42 Å². The third-order valence-corrected chi connectivity index (χ3v) is 4.54. The van der Waals surface area contributed by atoms with Gasteiger partial charge < -0.3 is 9.14 Å². The van der Waals surface area contributed by atoms with E-state index in [1.807, 2.05) is 6.20 Å². The highest BCUT2D eigenvalue weighted by molar-refractivity contribution is 9.10. The Hall–Kier alpha value is -1.33. The molecule has 2 aromatic rings. The number of pyridine rings is 1. The van der Waals surface area contributed by atoms with E-state index in [9.17, 15) is 4.79 Å². The molecule has 0 radical (unpaired) electrons. The quantitative estimate of drug-likeness (QED) is 0.797. The van der Waals surface area contributed by atoms with E-state index in [-0.39, 0.29) is 12.0 Å². The molecule has 0 saturated carbocycles. The van der Waals surface area contributed by atoms with Crippen LogP contribution >= 0.6 is 15.9 Å². The maximum Gasteiger partial charge on any atom is 0.323 e. The first kappa shape index (κ1) is 14.6. The Bertz CT molecular complexity index is 653. The Morgan fingerprint density at radius 3 is 3.10 bits per heavy atom. The second-order valence-electron chi connectivity index (χ2n) is 5.53. The van der Waals surface area contributed by atoms with E-state index in [1.165, 1.54) is 12.7 Å². The number of methoxy groups -OCH3 is 1. The number of nitrogens with zero attached hydrogens (tertiary/aromatic N) is 2. The monoisotopic (exact) mass is 350 g/mol. The standard InChI is InChI=1S/C16H19BrN2O2/c1-21-16(20)15-4-2-3-6-19(15)10-12-5-7-18-11-13(17)9-14(18)8-12/h5,7-9,11,15H,2-4,6,10H2,1H3/t15-/m0/s1. The van der Waals surface area contributed by atoms with Crippen molar-refractivity contribution in [3.8, 4) is 0 Å². The van der Waals surface area contributed by atoms with E-state index in [0.29, 0.717) is 0 Å². The molecular formula is C16H19BrN2O2. The number of hydrogen-bond acceptors (Lipinski definition) is 3. The number of likely N-dealkylation sites (tertiary alicyclic amines) is 1. The zero-order valence-electron chi connectivity index (χ0n) is 12.1. The average Bonchev–Trinajstić information content (AvgIpc) is 2.86. The molecule has 0 bridgehead atoms. The number of rotatable bonds is 3. The van der Waals surface area contributed by atoms with Crippen molar-refractivity contribution in [1.82, 2.24) is 9.30 Å². The normalized spacial score (nSPS) is 19.8. The van der Waals surface area contributed by atoms with Gasteiger partial charge in [-0.2, -0.15) is 0 Å². The Morgan fingerprint density at radius 2 is 2.29 bits per heavy atom. The summed E-state index contributed by atoms with van der Waals surface area (Å²) in [6, 6.07) is 6.28. The Morgan fingerprint density at radius 1 is 1.43 bits per heavy atom. The highest BCUT2D eigenvalue weighted by Gasteiger charge is 2.29. The lowest BCUT2D eigenvalue weighted by atomic mass is 10.0. The minimum atomic E-state index is -0.110. The van der Waals surface area contributed by atoms with Crippen LogP contribution in [0.25, 0.3) is 5.52 Å². The van der Waals surface area contributed by atoms with Crippen molar-refractivity contribution in [2.75, 3.05) is 13.7 Å². The summed E-state index contributed by atoms with van der Waals surface area (Å²) in [5.41, 5.74) is 2.38. The fraction of sp³-hybridized carbons (Fsp3) is 0.438. The molecule has 0 aliphatic carbocycles. The van der Waals surface area contributed by atoms with Gasteiger partial charge in [-0.3, -0.25) is 9.69 Å². The highest BCUT2D eigenvalue weighted by atomic mass is 79.9. The number of piperidine rings is 1. The molecule has 1 fully saturated rings. The average molecular weight is 351 g/mol. The number of hydrogen-bond donors (Lipinski definition) is 0. The third kappa shape index (κ3) is 3.14. The summed E-state index contributed by atoms with van der Waals surface area (Å²) in [6.45, 7) is 1.74. The van der Waals surface area contributed by atoms with Gasteiger partial charge >= 0.3 is 5.97 Å². The van der Waals surface area contributed by atoms with E-state index in [2.05, 4.69) is 49.6 Å². The molecule has 1 aliphatic heterocycles. The lowest BCUT2D eigenvalue weighted by Gasteiger charge is -2.33. The van der Waals surface area contributed by atoms with Gasteiger partial charge in [0.05, 0.1) is 7.11 Å². The van der Waals surface area contributed by atoms with Crippen LogP contribution in [0.2, 0.25) is 0 Å². The van der Waals surface area contributed by atoms with Crippen molar-refractivity contribution >= 4 is 27.4 Å². The molecule has 112 valence electrons. The zero-order chi connectivity index (χ0) is 14.8. The predicted molar refractivity (Wildman–Crippen MR) is 85.2 cm³/mol. The van der Waals surface area contributed by atoms with E-state index in [0.717, 1.165) is 42.3 Å². The van der Waals surface area contributed by atoms with Gasteiger partial charge in [0.1, 0.15) is 6.04 Å². The maximum atomic E-state index is 11.9. The number of fused-ring (bicyclic) bond motifs is 1. The van der Waals surface area contributed by atoms with Crippen LogP contribution in [0.3, 0.4) is 0 Å². The molecular weight excluding hydrogens is 332 g/mol. The number of aromatic nitrogens is 1. The second kappa shape index (κ2) is 6.20. The van der Waals surface area contributed by atoms with E-state index < -0.39 is 0 Å². The molecule has 1 saturated heterocycles. The van der Waals surface area contributed by atoms with Crippen molar-refractivity contribution in [2.24, 2.45) is 0 Å². The summed E-state index contributed by atoms with van der Waals surface area (Å²) in [6.07, 6.45) is 7.24. The summed E-state index contributed by atoms with van der Waals surface area (Å²) in [7, 11) is 1.47. The Kier molecular flexibility index (Phi) is 4.31. The van der Waals surface area contributed by atoms with Crippen LogP contribution in [0, 0.1) is 0 Å². The van der Waals surface area contributed by atoms with Gasteiger partial charge in [0.2, 0.25) is 0 Å². The fourth-order valence-corrected chi connectivity index (χ4v) is 3.49. The SMILES string of the molecule is COC(=O)[C@@H]1CCCCN1Cc1ccn2cc(Br)cc2c1. The van der Waals surface area contributed by atoms with E-state index >= 15 is 0 Å². The number of halogens is 1. The van der Waals surface area contributed by atoms with Crippen molar-refractivity contribution in [3.05, 3.63) is 40.6 Å². The molecule has 0 N–H and O–H groups in total. The molecule has 0 unspecified atom stereocenters. The summed E-state index contributed by atoms with van der Waals surface area (Å²) in [4.78, 5) is 14.1. The maximum absolute atomic E-state index is 11.9. The van der Waals surface area contributed by atoms with Crippen LogP contribution in [-0.2, 0) is 16.1 Å². The van der Waals surface area contributed by atoms with E-state index in [4.69, 9.17) is 4.74 Å². The highest BCUT2D eigenvalue weighted by Crippen LogP contribution is 2.22. The summed E-state index contributed by atoms with van der Waals surface area (Å²) < 4.78 is 8.10. The summed E-state index contributed by atoms with van der Waals surface area (Å²) in [5.74, 6) is -0.110. The molecule has 5 heteroatoms. The molecule has 3 rings (SSSR count). The van der Waals surface area contributed by atoms with Crippen molar-refractivity contribution in [2.45, 2.75) is 31.8 Å². The van der Waals surface area contributed by atoms with Gasteiger partial charge in [0, 0.05) is 28.9 Å². The molecule has 4 nitrogen and oxygen atoms in total. The second-order valence-corrected chi connectivity index (χ2v) is 6.45. The first-order valence-corrected chi connectivity index (χ1v) is 8.04. The van der Waals surface area contributed by atoms with Crippen molar-refractivity contribution < 1.29 is 9.53 Å². The number of ether oxygens (including phenoxy) is 1. The molecule has 1 aliphatic rings. The number of carbonyl (C=O) groups is 1.